The third kappa shape index (κ3) is 3.23. The Hall–Kier alpha value is -1.72. The molecule has 128 valence electrons. The topological polar surface area (TPSA) is 34.6 Å². The van der Waals surface area contributed by atoms with Crippen molar-refractivity contribution in [2.45, 2.75) is 25.4 Å². The van der Waals surface area contributed by atoms with Gasteiger partial charge in [0.05, 0.1) is 19.3 Å². The van der Waals surface area contributed by atoms with Gasteiger partial charge in [-0.1, -0.05) is 12.1 Å². The Morgan fingerprint density at radius 3 is 2.88 bits per heavy atom. The van der Waals surface area contributed by atoms with Crippen molar-refractivity contribution in [3.63, 3.8) is 0 Å². The monoisotopic (exact) mass is 330 g/mol. The predicted octanol–water partition coefficient (Wildman–Crippen LogP) is 3.40. The molecule has 4 rings (SSSR count). The van der Waals surface area contributed by atoms with Crippen molar-refractivity contribution in [2.24, 2.45) is 5.92 Å². The van der Waals surface area contributed by atoms with Crippen molar-refractivity contribution in [1.82, 2.24) is 4.98 Å². The fourth-order valence-corrected chi connectivity index (χ4v) is 3.65. The number of pyridine rings is 1. The van der Waals surface area contributed by atoms with E-state index in [0.29, 0.717) is 17.5 Å². The lowest BCUT2D eigenvalue weighted by Gasteiger charge is -2.34. The molecule has 3 heterocycles. The van der Waals surface area contributed by atoms with E-state index in [1.807, 2.05) is 12.1 Å². The number of hydrogen-bond donors (Lipinski definition) is 0. The van der Waals surface area contributed by atoms with Crippen molar-refractivity contribution in [2.75, 3.05) is 37.8 Å². The Balaban J connectivity index is 1.40. The molecule has 0 radical (unpaired) electrons. The first kappa shape index (κ1) is 15.8. The molecule has 2 aliphatic rings. The Bertz CT molecular complexity index is 695. The molecule has 0 unspecified atom stereocenters. The smallest absolute Gasteiger partial charge is 0.149 e. The number of rotatable bonds is 4. The van der Waals surface area contributed by atoms with Gasteiger partial charge in [0.1, 0.15) is 11.3 Å². The van der Waals surface area contributed by atoms with Crippen LogP contribution in [-0.2, 0) is 9.47 Å². The van der Waals surface area contributed by atoms with Crippen molar-refractivity contribution in [3.8, 4) is 0 Å². The number of nitrogens with zero attached hydrogens (tertiary/aromatic N) is 2. The van der Waals surface area contributed by atoms with Gasteiger partial charge in [0, 0.05) is 42.9 Å². The third-order valence-corrected chi connectivity index (χ3v) is 5.07. The Kier molecular flexibility index (Phi) is 4.63. The van der Waals surface area contributed by atoms with Gasteiger partial charge in [0.25, 0.3) is 0 Å². The lowest BCUT2D eigenvalue weighted by Crippen LogP contribution is -2.37. The first-order chi connectivity index (χ1) is 11.8. The summed E-state index contributed by atoms with van der Waals surface area (Å²) in [5, 5.41) is 0.889. The maximum atomic E-state index is 13.9. The van der Waals surface area contributed by atoms with E-state index in [9.17, 15) is 4.39 Å². The second kappa shape index (κ2) is 7.03. The molecule has 0 amide bonds. The molecular weight excluding hydrogens is 307 g/mol. The lowest BCUT2D eigenvalue weighted by molar-refractivity contribution is 0.0132. The number of halogens is 1. The van der Waals surface area contributed by atoms with Crippen LogP contribution in [0, 0.1) is 11.7 Å². The van der Waals surface area contributed by atoms with E-state index in [-0.39, 0.29) is 5.82 Å². The zero-order valence-corrected chi connectivity index (χ0v) is 13.8. The quantitative estimate of drug-likeness (QED) is 0.861. The molecular formula is C19H23FN2O2. The van der Waals surface area contributed by atoms with Crippen molar-refractivity contribution in [3.05, 3.63) is 36.3 Å². The van der Waals surface area contributed by atoms with Gasteiger partial charge in [-0.2, -0.15) is 0 Å². The number of ether oxygens (including phenoxy) is 2. The molecule has 0 bridgehead atoms. The molecule has 2 fully saturated rings. The summed E-state index contributed by atoms with van der Waals surface area (Å²) in [4.78, 5) is 6.51. The Morgan fingerprint density at radius 1 is 1.21 bits per heavy atom. The molecule has 2 aliphatic heterocycles. The Morgan fingerprint density at radius 2 is 2.08 bits per heavy atom. The zero-order chi connectivity index (χ0) is 16.4. The number of piperidine rings is 1. The van der Waals surface area contributed by atoms with E-state index in [0.717, 1.165) is 63.2 Å². The van der Waals surface area contributed by atoms with E-state index >= 15 is 0 Å². The van der Waals surface area contributed by atoms with E-state index in [1.165, 1.54) is 6.07 Å². The number of aromatic nitrogens is 1. The molecule has 24 heavy (non-hydrogen) atoms. The first-order valence-electron chi connectivity index (χ1n) is 8.79. The molecule has 1 atom stereocenters. The highest BCUT2D eigenvalue weighted by Gasteiger charge is 2.23. The van der Waals surface area contributed by atoms with Gasteiger partial charge in [-0.15, -0.1) is 0 Å². The molecule has 0 aliphatic carbocycles. The maximum Gasteiger partial charge on any atom is 0.149 e. The van der Waals surface area contributed by atoms with Crippen LogP contribution in [0.1, 0.15) is 19.3 Å². The van der Waals surface area contributed by atoms with Gasteiger partial charge in [-0.3, -0.25) is 4.98 Å². The second-order valence-corrected chi connectivity index (χ2v) is 6.72. The molecule has 0 N–H and O–H groups in total. The summed E-state index contributed by atoms with van der Waals surface area (Å²) in [6, 6.07) is 7.15. The highest BCUT2D eigenvalue weighted by molar-refractivity contribution is 5.91. The standard InChI is InChI=1S/C19H23FN2O2/c20-17-3-1-2-16-18(4-8-21-19(16)17)22-9-5-15(6-10-22)24-13-14-7-11-23-12-14/h1-4,8,14-15H,5-7,9-13H2/t14-/m0/s1. The van der Waals surface area contributed by atoms with E-state index in [4.69, 9.17) is 9.47 Å². The van der Waals surface area contributed by atoms with Crippen LogP contribution in [0.15, 0.2) is 30.5 Å². The van der Waals surface area contributed by atoms with Crippen LogP contribution in [0.2, 0.25) is 0 Å². The van der Waals surface area contributed by atoms with E-state index in [2.05, 4.69) is 9.88 Å². The number of para-hydroxylation sites is 1. The normalized spacial score (nSPS) is 22.4. The van der Waals surface area contributed by atoms with E-state index in [1.54, 1.807) is 12.3 Å². The number of fused-ring (bicyclic) bond motifs is 1. The van der Waals surface area contributed by atoms with Crippen molar-refractivity contribution >= 4 is 16.6 Å². The highest BCUT2D eigenvalue weighted by atomic mass is 19.1. The minimum atomic E-state index is -0.258. The molecule has 2 saturated heterocycles. The molecule has 1 aromatic heterocycles. The predicted molar refractivity (Wildman–Crippen MR) is 91.8 cm³/mol. The third-order valence-electron chi connectivity index (χ3n) is 5.07. The second-order valence-electron chi connectivity index (χ2n) is 6.72. The summed E-state index contributed by atoms with van der Waals surface area (Å²) >= 11 is 0. The van der Waals surface area contributed by atoms with Gasteiger partial charge in [-0.05, 0) is 31.4 Å². The molecule has 1 aromatic carbocycles. The van der Waals surface area contributed by atoms with Gasteiger partial charge in [-0.25, -0.2) is 4.39 Å². The minimum Gasteiger partial charge on any atom is -0.381 e. The van der Waals surface area contributed by atoms with Gasteiger partial charge >= 0.3 is 0 Å². The SMILES string of the molecule is Fc1cccc2c(N3CCC(OC[C@H]4CCOC4)CC3)ccnc12. The van der Waals surface area contributed by atoms with Crippen LogP contribution in [-0.4, -0.2) is 44.0 Å². The maximum absolute atomic E-state index is 13.9. The molecule has 4 nitrogen and oxygen atoms in total. The summed E-state index contributed by atoms with van der Waals surface area (Å²) in [7, 11) is 0. The summed E-state index contributed by atoms with van der Waals surface area (Å²) < 4.78 is 25.4. The number of anilines is 1. The molecule has 0 saturated carbocycles. The number of hydrogen-bond acceptors (Lipinski definition) is 4. The van der Waals surface area contributed by atoms with E-state index < -0.39 is 0 Å². The fourth-order valence-electron chi connectivity index (χ4n) is 3.65. The zero-order valence-electron chi connectivity index (χ0n) is 13.8. The average molecular weight is 330 g/mol. The van der Waals surface area contributed by atoms with Crippen LogP contribution < -0.4 is 4.90 Å². The van der Waals surface area contributed by atoms with Gasteiger partial charge in [0.2, 0.25) is 0 Å². The summed E-state index contributed by atoms with van der Waals surface area (Å²) in [5.74, 6) is 0.307. The largest absolute Gasteiger partial charge is 0.381 e. The Labute approximate surface area is 141 Å². The summed E-state index contributed by atoms with van der Waals surface area (Å²) in [6.07, 6.45) is 5.16. The van der Waals surface area contributed by atoms with Crippen LogP contribution in [0.5, 0.6) is 0 Å². The molecule has 5 heteroatoms. The minimum absolute atomic E-state index is 0.258. The summed E-state index contributed by atoms with van der Waals surface area (Å²) in [5.41, 5.74) is 1.52. The molecule has 2 aromatic rings. The lowest BCUT2D eigenvalue weighted by atomic mass is 10.0. The van der Waals surface area contributed by atoms with Gasteiger partial charge < -0.3 is 14.4 Å². The van der Waals surface area contributed by atoms with Crippen LogP contribution in [0.4, 0.5) is 10.1 Å². The first-order valence-corrected chi connectivity index (χ1v) is 8.79. The van der Waals surface area contributed by atoms with Crippen LogP contribution >= 0.6 is 0 Å². The highest BCUT2D eigenvalue weighted by Crippen LogP contribution is 2.29. The van der Waals surface area contributed by atoms with Crippen molar-refractivity contribution < 1.29 is 13.9 Å². The van der Waals surface area contributed by atoms with Crippen LogP contribution in [0.25, 0.3) is 10.9 Å². The van der Waals surface area contributed by atoms with Crippen LogP contribution in [0.3, 0.4) is 0 Å². The average Bonchev–Trinajstić information content (AvgIpc) is 3.14. The molecule has 0 spiro atoms. The number of benzene rings is 1. The summed E-state index contributed by atoms with van der Waals surface area (Å²) in [6.45, 7) is 4.39. The fraction of sp³-hybridized carbons (Fsp3) is 0.526. The van der Waals surface area contributed by atoms with Crippen molar-refractivity contribution in [1.29, 1.82) is 0 Å². The van der Waals surface area contributed by atoms with Gasteiger partial charge in [0.15, 0.2) is 0 Å².